The Labute approximate surface area is 155 Å². The molecule has 1 saturated carbocycles. The van der Waals surface area contributed by atoms with Crippen molar-refractivity contribution >= 4 is 5.91 Å². The van der Waals surface area contributed by atoms with Gasteiger partial charge in [0, 0.05) is 31.8 Å². The van der Waals surface area contributed by atoms with Crippen LogP contribution in [0.1, 0.15) is 52.7 Å². The van der Waals surface area contributed by atoms with Gasteiger partial charge < -0.3 is 9.64 Å². The molecule has 27 heavy (non-hydrogen) atoms. The molecule has 0 bridgehead atoms. The van der Waals surface area contributed by atoms with Gasteiger partial charge in [-0.15, -0.1) is 0 Å². The molecule has 0 radical (unpaired) electrons. The third kappa shape index (κ3) is 3.77. The maximum Gasteiger partial charge on any atom is 0.278 e. The van der Waals surface area contributed by atoms with Crippen molar-refractivity contribution in [2.45, 2.75) is 44.7 Å². The maximum absolute atomic E-state index is 14.4. The zero-order valence-electron chi connectivity index (χ0n) is 14.8. The van der Waals surface area contributed by atoms with Gasteiger partial charge in [0.1, 0.15) is 11.4 Å². The lowest BCUT2D eigenvalue weighted by molar-refractivity contribution is -0.0245. The second-order valence-electron chi connectivity index (χ2n) is 7.30. The number of carbonyl (C=O) groups is 1. The number of rotatable bonds is 6. The minimum absolute atomic E-state index is 0.105. The van der Waals surface area contributed by atoms with Crippen LogP contribution in [0.3, 0.4) is 0 Å². The lowest BCUT2D eigenvalue weighted by Crippen LogP contribution is -2.25. The fraction of sp³-hybridized carbons (Fsp3) is 0.400. The van der Waals surface area contributed by atoms with Gasteiger partial charge in [0.15, 0.2) is 6.61 Å². The zero-order chi connectivity index (χ0) is 19.2. The zero-order valence-corrected chi connectivity index (χ0v) is 14.8. The lowest BCUT2D eigenvalue weighted by Gasteiger charge is -2.17. The highest BCUT2D eigenvalue weighted by Crippen LogP contribution is 2.40. The number of benzene rings is 1. The van der Waals surface area contributed by atoms with Gasteiger partial charge in [-0.2, -0.15) is 0 Å². The molecular weight excluding hydrogens is 357 g/mol. The van der Waals surface area contributed by atoms with E-state index in [1.54, 1.807) is 18.2 Å². The van der Waals surface area contributed by atoms with Crippen LogP contribution in [0.15, 0.2) is 30.5 Å². The Morgan fingerprint density at radius 1 is 1.30 bits per heavy atom. The number of amides is 1. The first kappa shape index (κ1) is 17.8. The summed E-state index contributed by atoms with van der Waals surface area (Å²) in [4.78, 5) is 18.1. The Bertz CT molecular complexity index is 891. The molecule has 1 aliphatic carbocycles. The molecule has 2 aliphatic rings. The molecule has 4 rings (SSSR count). The second-order valence-corrected chi connectivity index (χ2v) is 7.30. The van der Waals surface area contributed by atoms with Crippen molar-refractivity contribution in [1.82, 2.24) is 9.88 Å². The lowest BCUT2D eigenvalue weighted by atomic mass is 10.1. The van der Waals surface area contributed by atoms with Crippen LogP contribution in [0.25, 0.3) is 0 Å². The summed E-state index contributed by atoms with van der Waals surface area (Å²) in [5, 5.41) is 0. The molecule has 0 saturated heterocycles. The Kier molecular flexibility index (Phi) is 4.32. The Morgan fingerprint density at radius 2 is 2.07 bits per heavy atom. The fourth-order valence-corrected chi connectivity index (χ4v) is 3.28. The maximum atomic E-state index is 14.4. The van der Waals surface area contributed by atoms with E-state index in [0.717, 1.165) is 25.3 Å². The number of nitrogens with zero attached hydrogens (tertiary/aromatic N) is 2. The molecule has 0 N–H and O–H groups in total. The average Bonchev–Trinajstić information content (AvgIpc) is 3.40. The Balaban J connectivity index is 1.52. The second kappa shape index (κ2) is 6.55. The number of hydrogen-bond acceptors (Lipinski definition) is 3. The molecule has 1 amide bonds. The molecule has 1 aromatic heterocycles. The highest BCUT2D eigenvalue weighted by molar-refractivity contribution is 6.00. The highest BCUT2D eigenvalue weighted by atomic mass is 19.3. The summed E-state index contributed by atoms with van der Waals surface area (Å²) in [6, 6.07) is 6.81. The highest BCUT2D eigenvalue weighted by Gasteiger charge is 2.33. The Hall–Kier alpha value is -2.57. The van der Waals surface area contributed by atoms with Crippen molar-refractivity contribution in [2.75, 3.05) is 6.61 Å². The predicted molar refractivity (Wildman–Crippen MR) is 92.3 cm³/mol. The van der Waals surface area contributed by atoms with Crippen molar-refractivity contribution < 1.29 is 22.7 Å². The van der Waals surface area contributed by atoms with E-state index in [4.69, 9.17) is 4.74 Å². The van der Waals surface area contributed by atoms with Gasteiger partial charge in [0.25, 0.3) is 11.8 Å². The van der Waals surface area contributed by atoms with Crippen LogP contribution in [0.5, 0.6) is 5.88 Å². The van der Waals surface area contributed by atoms with E-state index in [1.165, 1.54) is 11.1 Å². The third-order valence-electron chi connectivity index (χ3n) is 4.81. The number of ether oxygens (including phenoxy) is 1. The quantitative estimate of drug-likeness (QED) is 0.755. The van der Waals surface area contributed by atoms with Crippen molar-refractivity contribution in [3.05, 3.63) is 58.5 Å². The third-order valence-corrected chi connectivity index (χ3v) is 4.81. The number of aromatic nitrogens is 1. The summed E-state index contributed by atoms with van der Waals surface area (Å²) in [5.74, 6) is -3.40. The van der Waals surface area contributed by atoms with Gasteiger partial charge in [-0.1, -0.05) is 12.1 Å². The van der Waals surface area contributed by atoms with Crippen LogP contribution in [-0.2, 0) is 13.1 Å². The molecular formula is C20H19F3N2O2. The van der Waals surface area contributed by atoms with Crippen LogP contribution in [0, 0.1) is 5.82 Å². The van der Waals surface area contributed by atoms with E-state index in [0.29, 0.717) is 17.0 Å². The molecule has 0 unspecified atom stereocenters. The van der Waals surface area contributed by atoms with Gasteiger partial charge in [-0.3, -0.25) is 4.79 Å². The molecule has 1 aliphatic heterocycles. The van der Waals surface area contributed by atoms with Gasteiger partial charge in [-0.05, 0) is 42.0 Å². The largest absolute Gasteiger partial charge is 0.471 e. The first-order valence-electron chi connectivity index (χ1n) is 8.88. The Morgan fingerprint density at radius 3 is 2.74 bits per heavy atom. The molecule has 0 atom stereocenters. The van der Waals surface area contributed by atoms with Crippen LogP contribution >= 0.6 is 0 Å². The van der Waals surface area contributed by atoms with E-state index < -0.39 is 18.4 Å². The van der Waals surface area contributed by atoms with Crippen LogP contribution < -0.4 is 4.74 Å². The van der Waals surface area contributed by atoms with E-state index >= 15 is 0 Å². The summed E-state index contributed by atoms with van der Waals surface area (Å²) in [5.41, 5.74) is 2.24. The van der Waals surface area contributed by atoms with E-state index in [9.17, 15) is 18.0 Å². The number of hydrogen-bond donors (Lipinski definition) is 0. The summed E-state index contributed by atoms with van der Waals surface area (Å²) in [6.45, 7) is 0.242. The summed E-state index contributed by atoms with van der Waals surface area (Å²) in [7, 11) is 0. The van der Waals surface area contributed by atoms with Gasteiger partial charge in [-0.25, -0.2) is 18.2 Å². The minimum atomic E-state index is -3.03. The smallest absolute Gasteiger partial charge is 0.278 e. The molecule has 2 aromatic rings. The normalized spacial score (nSPS) is 16.6. The van der Waals surface area contributed by atoms with Crippen LogP contribution in [0.4, 0.5) is 13.2 Å². The van der Waals surface area contributed by atoms with Crippen molar-refractivity contribution in [3.8, 4) is 5.88 Å². The first-order chi connectivity index (χ1) is 12.8. The number of fused-ring (bicyclic) bond motifs is 1. The number of pyridine rings is 1. The van der Waals surface area contributed by atoms with E-state index in [-0.39, 0.29) is 30.4 Å². The standard InChI is InChI=1S/C20H19F3N2O2/c1-20(22,23)11-27-18-17-15(6-7-24-18)10-25(19(17)26)9-14-5-4-13(8-16(14)21)12-2-3-12/h4-8,12H,2-3,9-11H2,1H3. The molecule has 4 nitrogen and oxygen atoms in total. The minimum Gasteiger partial charge on any atom is -0.471 e. The number of carbonyl (C=O) groups excluding carboxylic acids is 1. The SMILES string of the molecule is CC(F)(F)COc1nccc2c1C(=O)N(Cc1ccc(C3CC3)cc1F)C2. The first-order valence-corrected chi connectivity index (χ1v) is 8.88. The summed E-state index contributed by atoms with van der Waals surface area (Å²) >= 11 is 0. The van der Waals surface area contributed by atoms with Gasteiger partial charge in [0.2, 0.25) is 5.88 Å². The molecule has 0 spiro atoms. The fourth-order valence-electron chi connectivity index (χ4n) is 3.28. The monoisotopic (exact) mass is 376 g/mol. The summed E-state index contributed by atoms with van der Waals surface area (Å²) < 4.78 is 45.6. The number of alkyl halides is 2. The number of halogens is 3. The predicted octanol–water partition coefficient (Wildman–Crippen LogP) is 4.29. The molecule has 1 aromatic carbocycles. The molecule has 142 valence electrons. The van der Waals surface area contributed by atoms with Crippen molar-refractivity contribution in [1.29, 1.82) is 0 Å². The summed E-state index contributed by atoms with van der Waals surface area (Å²) in [6.07, 6.45) is 3.60. The van der Waals surface area contributed by atoms with Gasteiger partial charge >= 0.3 is 0 Å². The average molecular weight is 376 g/mol. The molecule has 1 fully saturated rings. The van der Waals surface area contributed by atoms with E-state index in [1.807, 2.05) is 6.07 Å². The topological polar surface area (TPSA) is 42.4 Å². The van der Waals surface area contributed by atoms with Crippen molar-refractivity contribution in [2.24, 2.45) is 0 Å². The molecule has 2 heterocycles. The molecule has 7 heteroatoms. The van der Waals surface area contributed by atoms with Crippen molar-refractivity contribution in [3.63, 3.8) is 0 Å². The van der Waals surface area contributed by atoms with Gasteiger partial charge in [0.05, 0.1) is 0 Å². The van der Waals surface area contributed by atoms with Crippen LogP contribution in [0.2, 0.25) is 0 Å². The van der Waals surface area contributed by atoms with Crippen LogP contribution in [-0.4, -0.2) is 28.3 Å². The van der Waals surface area contributed by atoms with E-state index in [2.05, 4.69) is 4.98 Å².